The molecule has 2 unspecified atom stereocenters. The molecular weight excluding hydrogens is 428 g/mol. The fourth-order valence-electron chi connectivity index (χ4n) is 3.49. The molecule has 2 aromatic carbocycles. The van der Waals surface area contributed by atoms with Crippen LogP contribution in [0.1, 0.15) is 38.8 Å². The van der Waals surface area contributed by atoms with Crippen molar-refractivity contribution in [1.82, 2.24) is 10.6 Å². The molecule has 0 spiro atoms. The van der Waals surface area contributed by atoms with Crippen molar-refractivity contribution in [2.24, 2.45) is 0 Å². The average molecular weight is 463 g/mol. The van der Waals surface area contributed by atoms with Gasteiger partial charge < -0.3 is 20.1 Å². The fraction of sp³-hybridized carbons (Fsp3) is 0.357. The minimum atomic E-state index is -0.591. The van der Waals surface area contributed by atoms with E-state index >= 15 is 0 Å². The molecule has 0 aliphatic carbocycles. The predicted molar refractivity (Wildman–Crippen MR) is 134 cm³/mol. The molecule has 2 atom stereocenters. The van der Waals surface area contributed by atoms with E-state index in [4.69, 9.17) is 9.47 Å². The maximum absolute atomic E-state index is 12.7. The molecular formula is C28H34N2O4. The van der Waals surface area contributed by atoms with Crippen molar-refractivity contribution in [1.29, 1.82) is 0 Å². The van der Waals surface area contributed by atoms with Crippen LogP contribution in [0.2, 0.25) is 0 Å². The van der Waals surface area contributed by atoms with Crippen molar-refractivity contribution in [3.05, 3.63) is 83.0 Å². The van der Waals surface area contributed by atoms with Gasteiger partial charge in [0.15, 0.2) is 0 Å². The van der Waals surface area contributed by atoms with E-state index in [-0.39, 0.29) is 11.8 Å². The normalized spacial score (nSPS) is 17.3. The second kappa shape index (κ2) is 12.1. The molecule has 1 heterocycles. The number of allylic oxidation sites excluding steroid dienone is 2. The van der Waals surface area contributed by atoms with Crippen LogP contribution in [0, 0.1) is 0 Å². The molecule has 6 nitrogen and oxygen atoms in total. The van der Waals surface area contributed by atoms with Crippen molar-refractivity contribution in [3.8, 4) is 11.5 Å². The minimum absolute atomic E-state index is 0.171. The second-order valence-corrected chi connectivity index (χ2v) is 9.00. The molecule has 6 heteroatoms. The topological polar surface area (TPSA) is 76.7 Å². The second-order valence-electron chi connectivity index (χ2n) is 9.00. The zero-order valence-electron chi connectivity index (χ0n) is 20.4. The fourth-order valence-corrected chi connectivity index (χ4v) is 3.49. The highest BCUT2D eigenvalue weighted by molar-refractivity contribution is 5.97. The number of hydrogen-bond donors (Lipinski definition) is 2. The van der Waals surface area contributed by atoms with Gasteiger partial charge in [0.05, 0.1) is 0 Å². The lowest BCUT2D eigenvalue weighted by Crippen LogP contribution is -2.62. The van der Waals surface area contributed by atoms with Crippen LogP contribution >= 0.6 is 0 Å². The Labute approximate surface area is 202 Å². The Morgan fingerprint density at radius 3 is 1.35 bits per heavy atom. The lowest BCUT2D eigenvalue weighted by Gasteiger charge is -2.29. The summed E-state index contributed by atoms with van der Waals surface area (Å²) in [5.74, 6) is 1.20. The molecule has 2 amide bonds. The quantitative estimate of drug-likeness (QED) is 0.520. The first kappa shape index (κ1) is 25.1. The van der Waals surface area contributed by atoms with E-state index < -0.39 is 12.1 Å². The van der Waals surface area contributed by atoms with Crippen LogP contribution in [-0.2, 0) is 22.4 Å². The molecule has 3 rings (SSSR count). The zero-order chi connectivity index (χ0) is 24.5. The van der Waals surface area contributed by atoms with Gasteiger partial charge in [-0.1, -0.05) is 35.4 Å². The first-order valence-electron chi connectivity index (χ1n) is 11.6. The Hall–Kier alpha value is -3.54. The molecule has 1 saturated heterocycles. The number of benzene rings is 2. The lowest BCUT2D eigenvalue weighted by molar-refractivity contribution is -0.136. The number of amides is 2. The number of rotatable bonds is 10. The van der Waals surface area contributed by atoms with Crippen molar-refractivity contribution >= 4 is 11.8 Å². The SMILES string of the molecule is CC(C)=CCOc1ccc(CC2NC(=O)C(Cc3ccc(OCC=C(C)C)cc3)NC2=O)cc1. The molecule has 0 radical (unpaired) electrons. The predicted octanol–water partition coefficient (Wildman–Crippen LogP) is 4.15. The number of nitrogens with one attached hydrogen (secondary N) is 2. The molecule has 1 fully saturated rings. The number of piperazine rings is 1. The summed E-state index contributed by atoms with van der Waals surface area (Å²) in [6, 6.07) is 14.0. The van der Waals surface area contributed by atoms with E-state index in [9.17, 15) is 9.59 Å². The Kier molecular flexibility index (Phi) is 8.91. The summed E-state index contributed by atoms with van der Waals surface area (Å²) in [6.07, 6.45) is 4.88. The number of carbonyl (C=O) groups is 2. The van der Waals surface area contributed by atoms with Crippen LogP contribution in [0.5, 0.6) is 11.5 Å². The highest BCUT2D eigenvalue weighted by atomic mass is 16.5. The Balaban J connectivity index is 1.50. The Bertz CT molecular complexity index is 946. The van der Waals surface area contributed by atoms with Crippen molar-refractivity contribution in [3.63, 3.8) is 0 Å². The van der Waals surface area contributed by atoms with Gasteiger partial charge >= 0.3 is 0 Å². The van der Waals surface area contributed by atoms with Crippen LogP contribution in [0.15, 0.2) is 71.8 Å². The van der Waals surface area contributed by atoms with E-state index in [2.05, 4.69) is 10.6 Å². The Morgan fingerprint density at radius 2 is 1.03 bits per heavy atom. The summed E-state index contributed by atoms with van der Waals surface area (Å²) in [5, 5.41) is 5.75. The molecule has 2 aromatic rings. The molecule has 1 aliphatic rings. The standard InChI is InChI=1S/C28H34N2O4/c1-19(2)13-15-33-23-9-5-21(6-10-23)17-25-27(31)30-26(28(32)29-25)18-22-7-11-24(12-8-22)34-16-14-20(3)4/h5-14,25-26H,15-18H2,1-4H3,(H,29,32)(H,30,31). The van der Waals surface area contributed by atoms with Crippen molar-refractivity contribution in [2.45, 2.75) is 52.6 Å². The first-order valence-corrected chi connectivity index (χ1v) is 11.6. The third kappa shape index (κ3) is 7.80. The molecule has 0 bridgehead atoms. The number of carbonyl (C=O) groups excluding carboxylic acids is 2. The molecule has 2 N–H and O–H groups in total. The highest BCUT2D eigenvalue weighted by Gasteiger charge is 2.33. The van der Waals surface area contributed by atoms with Crippen LogP contribution in [0.4, 0.5) is 0 Å². The van der Waals surface area contributed by atoms with Crippen LogP contribution in [0.25, 0.3) is 0 Å². The number of hydrogen-bond acceptors (Lipinski definition) is 4. The molecule has 1 aliphatic heterocycles. The zero-order valence-corrected chi connectivity index (χ0v) is 20.4. The van der Waals surface area contributed by atoms with Crippen molar-refractivity contribution in [2.75, 3.05) is 13.2 Å². The first-order chi connectivity index (χ1) is 16.3. The summed E-state index contributed by atoms with van der Waals surface area (Å²) in [5.41, 5.74) is 4.32. The Morgan fingerprint density at radius 1 is 0.676 bits per heavy atom. The summed E-state index contributed by atoms with van der Waals surface area (Å²) in [4.78, 5) is 25.3. The van der Waals surface area contributed by atoms with Crippen LogP contribution in [0.3, 0.4) is 0 Å². The van der Waals surface area contributed by atoms with E-state index in [1.54, 1.807) is 0 Å². The van der Waals surface area contributed by atoms with Gasteiger partial charge in [-0.3, -0.25) is 9.59 Å². The molecule has 0 saturated carbocycles. The van der Waals surface area contributed by atoms with Gasteiger partial charge in [0.2, 0.25) is 11.8 Å². The van der Waals surface area contributed by atoms with Crippen molar-refractivity contribution < 1.29 is 19.1 Å². The lowest BCUT2D eigenvalue weighted by atomic mass is 9.98. The van der Waals surface area contributed by atoms with Gasteiger partial charge in [-0.05, 0) is 75.2 Å². The monoisotopic (exact) mass is 462 g/mol. The largest absolute Gasteiger partial charge is 0.490 e. The molecule has 180 valence electrons. The smallest absolute Gasteiger partial charge is 0.243 e. The summed E-state index contributed by atoms with van der Waals surface area (Å²) >= 11 is 0. The van der Waals surface area contributed by atoms with E-state index in [1.165, 1.54) is 11.1 Å². The molecule has 34 heavy (non-hydrogen) atoms. The van der Waals surface area contributed by atoms with Gasteiger partial charge in [-0.25, -0.2) is 0 Å². The molecule has 0 aromatic heterocycles. The van der Waals surface area contributed by atoms with Gasteiger partial charge in [0, 0.05) is 12.8 Å². The van der Waals surface area contributed by atoms with Gasteiger partial charge in [0.1, 0.15) is 36.8 Å². The summed E-state index contributed by atoms with van der Waals surface area (Å²) in [6.45, 7) is 9.16. The van der Waals surface area contributed by atoms with E-state index in [0.29, 0.717) is 26.1 Å². The average Bonchev–Trinajstić information content (AvgIpc) is 2.79. The maximum Gasteiger partial charge on any atom is 0.243 e. The summed E-state index contributed by atoms with van der Waals surface area (Å²) in [7, 11) is 0. The van der Waals surface area contributed by atoms with E-state index in [1.807, 2.05) is 88.4 Å². The summed E-state index contributed by atoms with van der Waals surface area (Å²) < 4.78 is 11.3. The third-order valence-electron chi connectivity index (χ3n) is 5.48. The maximum atomic E-state index is 12.7. The van der Waals surface area contributed by atoms with Crippen LogP contribution in [-0.4, -0.2) is 37.1 Å². The third-order valence-corrected chi connectivity index (χ3v) is 5.48. The highest BCUT2D eigenvalue weighted by Crippen LogP contribution is 2.17. The van der Waals surface area contributed by atoms with Gasteiger partial charge in [-0.2, -0.15) is 0 Å². The van der Waals surface area contributed by atoms with Crippen LogP contribution < -0.4 is 20.1 Å². The van der Waals surface area contributed by atoms with E-state index in [0.717, 1.165) is 22.6 Å². The number of ether oxygens (including phenoxy) is 2. The van der Waals surface area contributed by atoms with Gasteiger partial charge in [0.25, 0.3) is 0 Å². The van der Waals surface area contributed by atoms with Gasteiger partial charge in [-0.15, -0.1) is 0 Å². The minimum Gasteiger partial charge on any atom is -0.490 e.